The van der Waals surface area contributed by atoms with Crippen molar-refractivity contribution in [1.82, 2.24) is 9.97 Å². The summed E-state index contributed by atoms with van der Waals surface area (Å²) >= 11 is 5.98. The van der Waals surface area contributed by atoms with Gasteiger partial charge in [-0.1, -0.05) is 18.5 Å². The van der Waals surface area contributed by atoms with Crippen LogP contribution in [0.5, 0.6) is 0 Å². The van der Waals surface area contributed by atoms with E-state index in [1.807, 2.05) is 13.0 Å². The van der Waals surface area contributed by atoms with E-state index in [-0.39, 0.29) is 0 Å². The van der Waals surface area contributed by atoms with Crippen LogP contribution in [0, 0.1) is 6.92 Å². The molecule has 2 heterocycles. The van der Waals surface area contributed by atoms with E-state index < -0.39 is 0 Å². The average molecular weight is 240 g/mol. The molecule has 3 nitrogen and oxygen atoms in total. The first-order valence-corrected chi connectivity index (χ1v) is 6.36. The summed E-state index contributed by atoms with van der Waals surface area (Å²) in [4.78, 5) is 11.0. The molecule has 0 amide bonds. The maximum absolute atomic E-state index is 5.98. The fourth-order valence-corrected chi connectivity index (χ4v) is 2.61. The number of hydrogen-bond donors (Lipinski definition) is 0. The van der Waals surface area contributed by atoms with Crippen molar-refractivity contribution in [3.05, 3.63) is 17.0 Å². The lowest BCUT2D eigenvalue weighted by molar-refractivity contribution is 0.446. The third kappa shape index (κ3) is 2.46. The molecule has 1 aliphatic rings. The zero-order valence-electron chi connectivity index (χ0n) is 9.91. The molecular formula is C12H18ClN3. The highest BCUT2D eigenvalue weighted by Gasteiger charge is 2.22. The lowest BCUT2D eigenvalue weighted by Gasteiger charge is -2.36. The van der Waals surface area contributed by atoms with Gasteiger partial charge < -0.3 is 4.90 Å². The van der Waals surface area contributed by atoms with Crippen LogP contribution in [0.1, 0.15) is 38.4 Å². The van der Waals surface area contributed by atoms with E-state index in [1.165, 1.54) is 25.7 Å². The summed E-state index contributed by atoms with van der Waals surface area (Å²) in [6.07, 6.45) is 5.00. The number of halogens is 1. The molecule has 88 valence electrons. The van der Waals surface area contributed by atoms with Gasteiger partial charge in [-0.25, -0.2) is 9.97 Å². The van der Waals surface area contributed by atoms with Gasteiger partial charge in [0.25, 0.3) is 0 Å². The normalized spacial score (nSPS) is 21.2. The second kappa shape index (κ2) is 5.00. The van der Waals surface area contributed by atoms with Crippen molar-refractivity contribution < 1.29 is 0 Å². The van der Waals surface area contributed by atoms with Gasteiger partial charge in [-0.2, -0.15) is 0 Å². The molecule has 0 radical (unpaired) electrons. The van der Waals surface area contributed by atoms with Crippen LogP contribution in [0.4, 0.5) is 5.82 Å². The summed E-state index contributed by atoms with van der Waals surface area (Å²) in [7, 11) is 0. The van der Waals surface area contributed by atoms with Gasteiger partial charge in [0, 0.05) is 18.7 Å². The van der Waals surface area contributed by atoms with Gasteiger partial charge in [-0.15, -0.1) is 0 Å². The van der Waals surface area contributed by atoms with Crippen molar-refractivity contribution in [1.29, 1.82) is 0 Å². The lowest BCUT2D eigenvalue weighted by Crippen LogP contribution is -2.39. The first kappa shape index (κ1) is 11.6. The monoisotopic (exact) mass is 239 g/mol. The van der Waals surface area contributed by atoms with Crippen LogP contribution in [0.3, 0.4) is 0 Å². The van der Waals surface area contributed by atoms with Crippen molar-refractivity contribution in [2.24, 2.45) is 0 Å². The number of aromatic nitrogens is 2. The topological polar surface area (TPSA) is 29.0 Å². The maximum atomic E-state index is 5.98. The van der Waals surface area contributed by atoms with Crippen LogP contribution in [-0.2, 0) is 0 Å². The van der Waals surface area contributed by atoms with Crippen LogP contribution in [0.25, 0.3) is 0 Å². The van der Waals surface area contributed by atoms with Crippen LogP contribution in [-0.4, -0.2) is 22.6 Å². The Morgan fingerprint density at radius 3 is 2.94 bits per heavy atom. The number of anilines is 1. The second-order valence-corrected chi connectivity index (χ2v) is 4.73. The molecule has 0 aromatic carbocycles. The highest BCUT2D eigenvalue weighted by Crippen LogP contribution is 2.26. The van der Waals surface area contributed by atoms with E-state index in [1.54, 1.807) is 0 Å². The SMILES string of the molecule is CC[C@@H]1CCCCN1c1cc(Cl)nc(C)n1. The van der Waals surface area contributed by atoms with Gasteiger partial charge in [-0.05, 0) is 32.6 Å². The minimum Gasteiger partial charge on any atom is -0.353 e. The lowest BCUT2D eigenvalue weighted by atomic mass is 10.0. The van der Waals surface area contributed by atoms with Crippen molar-refractivity contribution in [3.63, 3.8) is 0 Å². The van der Waals surface area contributed by atoms with E-state index in [0.29, 0.717) is 11.2 Å². The van der Waals surface area contributed by atoms with Crippen LogP contribution >= 0.6 is 11.6 Å². The largest absolute Gasteiger partial charge is 0.353 e. The van der Waals surface area contributed by atoms with Crippen LogP contribution in [0.2, 0.25) is 5.15 Å². The van der Waals surface area contributed by atoms with Crippen molar-refractivity contribution in [2.45, 2.75) is 45.6 Å². The molecule has 2 rings (SSSR count). The van der Waals surface area contributed by atoms with Gasteiger partial charge in [0.15, 0.2) is 0 Å². The highest BCUT2D eigenvalue weighted by molar-refractivity contribution is 6.29. The predicted molar refractivity (Wildman–Crippen MR) is 67.1 cm³/mol. The van der Waals surface area contributed by atoms with Gasteiger partial charge in [0.1, 0.15) is 16.8 Å². The minimum absolute atomic E-state index is 0.544. The summed E-state index contributed by atoms with van der Waals surface area (Å²) < 4.78 is 0. The molecule has 1 aromatic rings. The van der Waals surface area contributed by atoms with Gasteiger partial charge >= 0.3 is 0 Å². The zero-order chi connectivity index (χ0) is 11.5. The number of rotatable bonds is 2. The first-order valence-electron chi connectivity index (χ1n) is 5.98. The second-order valence-electron chi connectivity index (χ2n) is 4.35. The van der Waals surface area contributed by atoms with E-state index in [9.17, 15) is 0 Å². The Kier molecular flexibility index (Phi) is 3.64. The fraction of sp³-hybridized carbons (Fsp3) is 0.667. The molecule has 16 heavy (non-hydrogen) atoms. The maximum Gasteiger partial charge on any atom is 0.134 e. The van der Waals surface area contributed by atoms with E-state index >= 15 is 0 Å². The molecule has 0 aliphatic carbocycles. The molecule has 4 heteroatoms. The first-order chi connectivity index (χ1) is 7.70. The van der Waals surface area contributed by atoms with Gasteiger partial charge in [0.2, 0.25) is 0 Å². The van der Waals surface area contributed by atoms with Crippen molar-refractivity contribution in [3.8, 4) is 0 Å². The Morgan fingerprint density at radius 1 is 1.44 bits per heavy atom. The summed E-state index contributed by atoms with van der Waals surface area (Å²) in [6.45, 7) is 5.21. The highest BCUT2D eigenvalue weighted by atomic mass is 35.5. The van der Waals surface area contributed by atoms with Gasteiger partial charge in [0.05, 0.1) is 0 Å². The summed E-state index contributed by atoms with van der Waals surface area (Å²) in [5, 5.41) is 0.544. The fourth-order valence-electron chi connectivity index (χ4n) is 2.39. The molecule has 1 saturated heterocycles. The summed E-state index contributed by atoms with van der Waals surface area (Å²) in [5.74, 6) is 1.74. The van der Waals surface area contributed by atoms with Crippen molar-refractivity contribution in [2.75, 3.05) is 11.4 Å². The van der Waals surface area contributed by atoms with Gasteiger partial charge in [-0.3, -0.25) is 0 Å². The molecule has 1 aliphatic heterocycles. The number of hydrogen-bond acceptors (Lipinski definition) is 3. The molecular weight excluding hydrogens is 222 g/mol. The summed E-state index contributed by atoms with van der Waals surface area (Å²) in [5.41, 5.74) is 0. The van der Waals surface area contributed by atoms with E-state index in [2.05, 4.69) is 21.8 Å². The smallest absolute Gasteiger partial charge is 0.134 e. The number of piperidine rings is 1. The van der Waals surface area contributed by atoms with Crippen LogP contribution < -0.4 is 4.90 Å². The summed E-state index contributed by atoms with van der Waals surface area (Å²) in [6, 6.07) is 2.49. The standard InChI is InChI=1S/C12H18ClN3/c1-3-10-6-4-5-7-16(10)12-8-11(13)14-9(2)15-12/h8,10H,3-7H2,1-2H3/t10-/m1/s1. The van der Waals surface area contributed by atoms with Crippen LogP contribution in [0.15, 0.2) is 6.07 Å². The Balaban J connectivity index is 2.26. The molecule has 0 spiro atoms. The minimum atomic E-state index is 0.544. The molecule has 1 aromatic heterocycles. The molecule has 0 bridgehead atoms. The molecule has 1 atom stereocenters. The van der Waals surface area contributed by atoms with Crippen molar-refractivity contribution >= 4 is 17.4 Å². The zero-order valence-corrected chi connectivity index (χ0v) is 10.7. The average Bonchev–Trinajstić information content (AvgIpc) is 2.27. The van der Waals surface area contributed by atoms with E-state index in [0.717, 1.165) is 18.2 Å². The molecule has 0 N–H and O–H groups in total. The Hall–Kier alpha value is -0.830. The molecule has 0 unspecified atom stereocenters. The third-order valence-electron chi connectivity index (χ3n) is 3.19. The quantitative estimate of drug-likeness (QED) is 0.743. The molecule has 0 saturated carbocycles. The Bertz CT molecular complexity index is 347. The number of nitrogens with zero attached hydrogens (tertiary/aromatic N) is 3. The Labute approximate surface area is 102 Å². The predicted octanol–water partition coefficient (Wildman–Crippen LogP) is 3.21. The Morgan fingerprint density at radius 2 is 2.25 bits per heavy atom. The van der Waals surface area contributed by atoms with E-state index in [4.69, 9.17) is 11.6 Å². The number of aryl methyl sites for hydroxylation is 1. The molecule has 1 fully saturated rings. The third-order valence-corrected chi connectivity index (χ3v) is 3.38.